The second-order valence-corrected chi connectivity index (χ2v) is 10.7. The van der Waals surface area contributed by atoms with Crippen LogP contribution >= 0.6 is 11.6 Å². The zero-order chi connectivity index (χ0) is 28.8. The molecule has 8 heteroatoms. The molecule has 7 nitrogen and oxygen atoms in total. The van der Waals surface area contributed by atoms with Gasteiger partial charge >= 0.3 is 6.03 Å². The summed E-state index contributed by atoms with van der Waals surface area (Å²) in [6.45, 7) is 10.5. The van der Waals surface area contributed by atoms with Gasteiger partial charge in [0.15, 0.2) is 0 Å². The van der Waals surface area contributed by atoms with E-state index in [1.807, 2.05) is 73.7 Å². The van der Waals surface area contributed by atoms with Gasteiger partial charge in [0.1, 0.15) is 12.4 Å². The van der Waals surface area contributed by atoms with Crippen molar-refractivity contribution in [3.8, 4) is 16.9 Å². The number of nitrogens with zero attached hydrogens (tertiary/aromatic N) is 3. The van der Waals surface area contributed by atoms with Crippen LogP contribution in [0.5, 0.6) is 0 Å². The lowest BCUT2D eigenvalue weighted by Crippen LogP contribution is -2.41. The van der Waals surface area contributed by atoms with Crippen molar-refractivity contribution in [3.63, 3.8) is 0 Å². The molecule has 0 atom stereocenters. The number of urea groups is 1. The number of aromatic nitrogens is 2. The molecule has 3 amide bonds. The summed E-state index contributed by atoms with van der Waals surface area (Å²) in [7, 11) is 0. The Hall–Kier alpha value is -4.10. The highest BCUT2D eigenvalue weighted by Gasteiger charge is 2.22. The molecule has 0 fully saturated rings. The second kappa shape index (κ2) is 12.8. The summed E-state index contributed by atoms with van der Waals surface area (Å²) in [5, 5.41) is 11.4. The highest BCUT2D eigenvalue weighted by Crippen LogP contribution is 2.32. The van der Waals surface area contributed by atoms with Crippen LogP contribution in [0.1, 0.15) is 57.6 Å². The number of anilines is 2. The van der Waals surface area contributed by atoms with Gasteiger partial charge in [-0.3, -0.25) is 4.79 Å². The Morgan fingerprint density at radius 2 is 1.50 bits per heavy atom. The molecule has 4 rings (SSSR count). The van der Waals surface area contributed by atoms with Crippen LogP contribution in [0, 0.1) is 0 Å². The zero-order valence-electron chi connectivity index (χ0n) is 23.6. The first kappa shape index (κ1) is 28.9. The molecule has 0 aliphatic rings. The molecule has 208 valence electrons. The fourth-order valence-corrected chi connectivity index (χ4v) is 4.69. The van der Waals surface area contributed by atoms with Crippen molar-refractivity contribution in [2.45, 2.75) is 46.5 Å². The summed E-state index contributed by atoms with van der Waals surface area (Å²) < 4.78 is 1.67. The number of para-hydroxylation sites is 1. The van der Waals surface area contributed by atoms with E-state index >= 15 is 0 Å². The van der Waals surface area contributed by atoms with Crippen molar-refractivity contribution in [2.24, 2.45) is 0 Å². The molecular formula is C32H36ClN5O2. The van der Waals surface area contributed by atoms with Crippen LogP contribution in [0.15, 0.2) is 78.9 Å². The average molecular weight is 558 g/mol. The fraction of sp³-hybridized carbons (Fsp3) is 0.281. The maximum absolute atomic E-state index is 13.4. The number of likely N-dealkylation sites (N-methyl/N-ethyl adjacent to an activating group) is 1. The molecule has 1 heterocycles. The van der Waals surface area contributed by atoms with E-state index in [1.165, 1.54) is 4.90 Å². The molecule has 40 heavy (non-hydrogen) atoms. The van der Waals surface area contributed by atoms with E-state index in [0.717, 1.165) is 28.1 Å². The molecule has 0 saturated carbocycles. The first-order valence-corrected chi connectivity index (χ1v) is 14.0. The van der Waals surface area contributed by atoms with E-state index < -0.39 is 0 Å². The van der Waals surface area contributed by atoms with E-state index in [1.54, 1.807) is 16.8 Å². The number of amides is 3. The lowest BCUT2D eigenvalue weighted by molar-refractivity contribution is -0.116. The minimum Gasteiger partial charge on any atom is -0.315 e. The first-order valence-electron chi connectivity index (χ1n) is 13.6. The van der Waals surface area contributed by atoms with Gasteiger partial charge in [0.2, 0.25) is 5.91 Å². The molecule has 0 radical (unpaired) electrons. The number of hydrogen-bond acceptors (Lipinski definition) is 3. The Morgan fingerprint density at radius 3 is 2.08 bits per heavy atom. The van der Waals surface area contributed by atoms with Crippen LogP contribution < -0.4 is 10.6 Å². The Bertz CT molecular complexity index is 1440. The largest absolute Gasteiger partial charge is 0.322 e. The lowest BCUT2D eigenvalue weighted by atomic mass is 9.93. The fourth-order valence-electron chi connectivity index (χ4n) is 4.56. The molecule has 0 unspecified atom stereocenters. The minimum atomic E-state index is -0.326. The third kappa shape index (κ3) is 6.72. The molecule has 4 aromatic rings. The maximum atomic E-state index is 13.4. The highest BCUT2D eigenvalue weighted by molar-refractivity contribution is 6.30. The van der Waals surface area contributed by atoms with Gasteiger partial charge in [-0.2, -0.15) is 5.10 Å². The molecule has 0 aliphatic heterocycles. The molecule has 1 aromatic heterocycles. The van der Waals surface area contributed by atoms with Gasteiger partial charge in [-0.15, -0.1) is 0 Å². The van der Waals surface area contributed by atoms with Gasteiger partial charge in [-0.05, 0) is 54.2 Å². The van der Waals surface area contributed by atoms with Gasteiger partial charge in [0, 0.05) is 28.9 Å². The maximum Gasteiger partial charge on any atom is 0.322 e. The molecule has 0 bridgehead atoms. The van der Waals surface area contributed by atoms with Gasteiger partial charge in [0.25, 0.3) is 0 Å². The predicted octanol–water partition coefficient (Wildman–Crippen LogP) is 7.93. The summed E-state index contributed by atoms with van der Waals surface area (Å²) >= 11 is 6.10. The zero-order valence-corrected chi connectivity index (χ0v) is 24.4. The Labute approximate surface area is 241 Å². The topological polar surface area (TPSA) is 79.3 Å². The smallest absolute Gasteiger partial charge is 0.315 e. The summed E-state index contributed by atoms with van der Waals surface area (Å²) in [5.74, 6) is 0.640. The molecule has 0 aliphatic carbocycles. The molecule has 0 spiro atoms. The van der Waals surface area contributed by atoms with Gasteiger partial charge < -0.3 is 15.5 Å². The van der Waals surface area contributed by atoms with Crippen LogP contribution in [0.2, 0.25) is 5.02 Å². The van der Waals surface area contributed by atoms with Crippen LogP contribution in [0.4, 0.5) is 16.3 Å². The quantitative estimate of drug-likeness (QED) is 0.219. The standard InChI is InChI=1S/C32H36ClN5O2/c1-6-37(32(40)35-31-26(21(2)3)13-10-14-27(31)22(4)5)20-30(39)34-29-19-28(23-11-8-7-9-12-23)36-38(29)25-17-15-24(33)16-18-25/h7-19,21-22H,6,20H2,1-5H3,(H,34,39)(H,35,40). The Kier molecular flexibility index (Phi) is 9.27. The van der Waals surface area contributed by atoms with Crippen molar-refractivity contribution in [3.05, 3.63) is 95.0 Å². The highest BCUT2D eigenvalue weighted by atomic mass is 35.5. The normalized spacial score (nSPS) is 11.1. The number of nitrogens with one attached hydrogen (secondary N) is 2. The molecular weight excluding hydrogens is 522 g/mol. The van der Waals surface area contributed by atoms with Gasteiger partial charge in [0.05, 0.1) is 11.4 Å². The van der Waals surface area contributed by atoms with E-state index in [4.69, 9.17) is 16.7 Å². The summed E-state index contributed by atoms with van der Waals surface area (Å²) in [4.78, 5) is 28.2. The lowest BCUT2D eigenvalue weighted by Gasteiger charge is -2.25. The first-order chi connectivity index (χ1) is 19.2. The van der Waals surface area contributed by atoms with Crippen LogP contribution in [0.25, 0.3) is 16.9 Å². The summed E-state index contributed by atoms with van der Waals surface area (Å²) in [6, 6.07) is 24.6. The van der Waals surface area contributed by atoms with E-state index in [9.17, 15) is 9.59 Å². The number of hydrogen-bond donors (Lipinski definition) is 2. The Morgan fingerprint density at radius 1 is 0.875 bits per heavy atom. The van der Waals surface area contributed by atoms with E-state index in [-0.39, 0.29) is 30.3 Å². The van der Waals surface area contributed by atoms with Crippen molar-refractivity contribution in [2.75, 3.05) is 23.7 Å². The van der Waals surface area contributed by atoms with Crippen molar-refractivity contribution in [1.82, 2.24) is 14.7 Å². The van der Waals surface area contributed by atoms with Crippen LogP contribution in [-0.2, 0) is 4.79 Å². The third-order valence-corrected chi connectivity index (χ3v) is 6.98. The minimum absolute atomic E-state index is 0.115. The predicted molar refractivity (Wildman–Crippen MR) is 164 cm³/mol. The van der Waals surface area contributed by atoms with Crippen molar-refractivity contribution in [1.29, 1.82) is 0 Å². The monoisotopic (exact) mass is 557 g/mol. The molecule has 3 aromatic carbocycles. The summed E-state index contributed by atoms with van der Waals surface area (Å²) in [6.07, 6.45) is 0. The van der Waals surface area contributed by atoms with Gasteiger partial charge in [-0.1, -0.05) is 87.8 Å². The third-order valence-electron chi connectivity index (χ3n) is 6.73. The second-order valence-electron chi connectivity index (χ2n) is 10.3. The molecule has 2 N–H and O–H groups in total. The number of benzene rings is 3. The summed E-state index contributed by atoms with van der Waals surface area (Å²) in [5.41, 5.74) is 5.34. The van der Waals surface area contributed by atoms with Crippen molar-refractivity contribution < 1.29 is 9.59 Å². The van der Waals surface area contributed by atoms with Crippen molar-refractivity contribution >= 4 is 35.0 Å². The SMILES string of the molecule is CCN(CC(=O)Nc1cc(-c2ccccc2)nn1-c1ccc(Cl)cc1)C(=O)Nc1c(C(C)C)cccc1C(C)C. The van der Waals surface area contributed by atoms with E-state index in [0.29, 0.717) is 23.1 Å². The van der Waals surface area contributed by atoms with E-state index in [2.05, 4.69) is 38.3 Å². The Balaban J connectivity index is 1.56. The van der Waals surface area contributed by atoms with Gasteiger partial charge in [-0.25, -0.2) is 9.48 Å². The molecule has 0 saturated heterocycles. The average Bonchev–Trinajstić information content (AvgIpc) is 3.35. The number of carbonyl (C=O) groups excluding carboxylic acids is 2. The number of rotatable bonds is 9. The number of halogens is 1. The number of carbonyl (C=O) groups is 2. The van der Waals surface area contributed by atoms with Crippen LogP contribution in [-0.4, -0.2) is 39.7 Å². The van der Waals surface area contributed by atoms with Crippen LogP contribution in [0.3, 0.4) is 0 Å².